The quantitative estimate of drug-likeness (QED) is 0.623. The van der Waals surface area contributed by atoms with Crippen LogP contribution in [-0.2, 0) is 4.79 Å². The normalized spacial score (nSPS) is 23.4. The Bertz CT molecular complexity index is 195. The van der Waals surface area contributed by atoms with Gasteiger partial charge in [-0.1, -0.05) is 18.9 Å². The van der Waals surface area contributed by atoms with Gasteiger partial charge < -0.3 is 10.8 Å². The topological polar surface area (TPSA) is 63.3 Å². The molecule has 68 valence electrons. The van der Waals surface area contributed by atoms with Crippen molar-refractivity contribution in [2.24, 2.45) is 11.1 Å². The van der Waals surface area contributed by atoms with Crippen LogP contribution in [0.1, 0.15) is 25.7 Å². The second-order valence-electron chi connectivity index (χ2n) is 3.46. The van der Waals surface area contributed by atoms with Gasteiger partial charge in [0.1, 0.15) is 6.04 Å². The first-order valence-electron chi connectivity index (χ1n) is 4.24. The van der Waals surface area contributed by atoms with E-state index in [1.807, 2.05) is 0 Å². The molecule has 0 bridgehead atoms. The third-order valence-corrected chi connectivity index (χ3v) is 2.83. The lowest BCUT2D eigenvalue weighted by atomic mass is 9.79. The predicted molar refractivity (Wildman–Crippen MR) is 46.7 cm³/mol. The van der Waals surface area contributed by atoms with Crippen molar-refractivity contribution in [3.05, 3.63) is 12.7 Å². The van der Waals surface area contributed by atoms with Gasteiger partial charge in [-0.15, -0.1) is 6.58 Å². The Kier molecular flexibility index (Phi) is 2.52. The molecule has 3 heteroatoms. The average Bonchev–Trinajstić information content (AvgIpc) is 2.52. The largest absolute Gasteiger partial charge is 0.480 e. The first kappa shape index (κ1) is 9.26. The van der Waals surface area contributed by atoms with Crippen LogP contribution in [0.25, 0.3) is 0 Å². The fourth-order valence-corrected chi connectivity index (χ4v) is 1.92. The molecule has 0 spiro atoms. The van der Waals surface area contributed by atoms with Gasteiger partial charge in [0.15, 0.2) is 0 Å². The van der Waals surface area contributed by atoms with Crippen LogP contribution in [-0.4, -0.2) is 17.1 Å². The van der Waals surface area contributed by atoms with Gasteiger partial charge >= 0.3 is 5.97 Å². The molecule has 1 aliphatic carbocycles. The van der Waals surface area contributed by atoms with Gasteiger partial charge in [-0.3, -0.25) is 4.79 Å². The number of hydrogen-bond acceptors (Lipinski definition) is 2. The molecule has 1 saturated carbocycles. The van der Waals surface area contributed by atoms with E-state index in [0.717, 1.165) is 25.7 Å². The summed E-state index contributed by atoms with van der Waals surface area (Å²) in [6.07, 6.45) is 5.58. The Labute approximate surface area is 72.3 Å². The number of hydrogen-bond donors (Lipinski definition) is 2. The maximum Gasteiger partial charge on any atom is 0.321 e. The Morgan fingerprint density at radius 3 is 2.42 bits per heavy atom. The van der Waals surface area contributed by atoms with Crippen LogP contribution < -0.4 is 5.73 Å². The molecule has 0 saturated heterocycles. The van der Waals surface area contributed by atoms with E-state index in [1.165, 1.54) is 0 Å². The second kappa shape index (κ2) is 3.27. The van der Waals surface area contributed by atoms with Crippen LogP contribution in [0.3, 0.4) is 0 Å². The summed E-state index contributed by atoms with van der Waals surface area (Å²) in [6.45, 7) is 3.68. The molecule has 1 aliphatic rings. The van der Waals surface area contributed by atoms with Crippen LogP contribution in [0.4, 0.5) is 0 Å². The van der Waals surface area contributed by atoms with Crippen molar-refractivity contribution >= 4 is 5.97 Å². The summed E-state index contributed by atoms with van der Waals surface area (Å²) in [5.74, 6) is -0.920. The number of carboxylic acids is 1. The van der Waals surface area contributed by atoms with Gasteiger partial charge in [0.05, 0.1) is 0 Å². The third kappa shape index (κ3) is 1.37. The molecule has 12 heavy (non-hydrogen) atoms. The second-order valence-corrected chi connectivity index (χ2v) is 3.46. The Morgan fingerprint density at radius 1 is 1.58 bits per heavy atom. The standard InChI is InChI=1S/C9H15NO2/c1-2-9(5-3-4-6-9)7(10)8(11)12/h2,7H,1,3-6,10H2,(H,11,12). The van der Waals surface area contributed by atoms with Gasteiger partial charge in [-0.2, -0.15) is 0 Å². The van der Waals surface area contributed by atoms with Gasteiger partial charge in [-0.25, -0.2) is 0 Å². The molecule has 3 N–H and O–H groups in total. The van der Waals surface area contributed by atoms with E-state index in [4.69, 9.17) is 10.8 Å². The molecule has 0 aromatic heterocycles. The van der Waals surface area contributed by atoms with E-state index in [2.05, 4.69) is 6.58 Å². The van der Waals surface area contributed by atoms with Crippen molar-refractivity contribution < 1.29 is 9.90 Å². The van der Waals surface area contributed by atoms with Crippen molar-refractivity contribution in [2.75, 3.05) is 0 Å². The highest BCUT2D eigenvalue weighted by Crippen LogP contribution is 2.41. The van der Waals surface area contributed by atoms with Crippen molar-refractivity contribution in [2.45, 2.75) is 31.7 Å². The average molecular weight is 169 g/mol. The molecule has 1 fully saturated rings. The molecule has 0 aliphatic heterocycles. The Hall–Kier alpha value is -0.830. The van der Waals surface area contributed by atoms with Gasteiger partial charge in [0.2, 0.25) is 0 Å². The number of nitrogens with two attached hydrogens (primary N) is 1. The zero-order chi connectivity index (χ0) is 9.19. The zero-order valence-electron chi connectivity index (χ0n) is 7.12. The minimum absolute atomic E-state index is 0.341. The lowest BCUT2D eigenvalue weighted by Crippen LogP contribution is -2.44. The molecule has 0 radical (unpaired) electrons. The summed E-state index contributed by atoms with van der Waals surface area (Å²) in [5, 5.41) is 8.77. The highest BCUT2D eigenvalue weighted by Gasteiger charge is 2.40. The van der Waals surface area contributed by atoms with Crippen LogP contribution >= 0.6 is 0 Å². The zero-order valence-corrected chi connectivity index (χ0v) is 7.12. The summed E-state index contributed by atoms with van der Waals surface area (Å²) in [5.41, 5.74) is 5.26. The molecule has 0 aromatic rings. The number of carboxylic acid groups (broad SMARTS) is 1. The SMILES string of the molecule is C=CC1(C(N)C(=O)O)CCCC1. The van der Waals surface area contributed by atoms with Crippen molar-refractivity contribution in [3.8, 4) is 0 Å². The van der Waals surface area contributed by atoms with E-state index in [0.29, 0.717) is 0 Å². The molecular formula is C9H15NO2. The summed E-state index contributed by atoms with van der Waals surface area (Å²) < 4.78 is 0. The maximum absolute atomic E-state index is 10.7. The van der Waals surface area contributed by atoms with Crippen LogP contribution in [0, 0.1) is 5.41 Å². The lowest BCUT2D eigenvalue weighted by Gasteiger charge is -2.28. The van der Waals surface area contributed by atoms with E-state index >= 15 is 0 Å². The van der Waals surface area contributed by atoms with Crippen molar-refractivity contribution in [1.82, 2.24) is 0 Å². The van der Waals surface area contributed by atoms with Gasteiger partial charge in [0.25, 0.3) is 0 Å². The van der Waals surface area contributed by atoms with Gasteiger partial charge in [0, 0.05) is 5.41 Å². The lowest BCUT2D eigenvalue weighted by molar-refractivity contribution is -0.141. The fourth-order valence-electron chi connectivity index (χ4n) is 1.92. The summed E-state index contributed by atoms with van der Waals surface area (Å²) in [6, 6.07) is -0.780. The monoisotopic (exact) mass is 169 g/mol. The fraction of sp³-hybridized carbons (Fsp3) is 0.667. The van der Waals surface area contributed by atoms with E-state index in [9.17, 15) is 4.79 Å². The minimum atomic E-state index is -0.920. The Balaban J connectivity index is 2.78. The van der Waals surface area contributed by atoms with Gasteiger partial charge in [-0.05, 0) is 12.8 Å². The third-order valence-electron chi connectivity index (χ3n) is 2.83. The molecule has 0 heterocycles. The number of aliphatic carboxylic acids is 1. The molecule has 1 unspecified atom stereocenters. The Morgan fingerprint density at radius 2 is 2.08 bits per heavy atom. The number of carbonyl (C=O) groups is 1. The minimum Gasteiger partial charge on any atom is -0.480 e. The molecular weight excluding hydrogens is 154 g/mol. The highest BCUT2D eigenvalue weighted by molar-refractivity contribution is 5.74. The van der Waals surface area contributed by atoms with Crippen molar-refractivity contribution in [3.63, 3.8) is 0 Å². The van der Waals surface area contributed by atoms with Crippen molar-refractivity contribution in [1.29, 1.82) is 0 Å². The van der Waals surface area contributed by atoms with Crippen LogP contribution in [0.15, 0.2) is 12.7 Å². The first-order valence-corrected chi connectivity index (χ1v) is 4.24. The summed E-state index contributed by atoms with van der Waals surface area (Å²) >= 11 is 0. The molecule has 1 atom stereocenters. The predicted octanol–water partition coefficient (Wildman–Crippen LogP) is 1.14. The van der Waals surface area contributed by atoms with Crippen LogP contribution in [0.5, 0.6) is 0 Å². The maximum atomic E-state index is 10.7. The molecule has 0 amide bonds. The van der Waals surface area contributed by atoms with E-state index < -0.39 is 12.0 Å². The highest BCUT2D eigenvalue weighted by atomic mass is 16.4. The summed E-state index contributed by atoms with van der Waals surface area (Å²) in [4.78, 5) is 10.7. The molecule has 0 aromatic carbocycles. The first-order chi connectivity index (χ1) is 5.62. The molecule has 3 nitrogen and oxygen atoms in total. The van der Waals surface area contributed by atoms with E-state index in [-0.39, 0.29) is 5.41 Å². The molecule has 1 rings (SSSR count). The van der Waals surface area contributed by atoms with E-state index in [1.54, 1.807) is 6.08 Å². The smallest absolute Gasteiger partial charge is 0.321 e. The van der Waals surface area contributed by atoms with Crippen LogP contribution in [0.2, 0.25) is 0 Å². The number of rotatable bonds is 3. The summed E-state index contributed by atoms with van der Waals surface area (Å²) in [7, 11) is 0.